The van der Waals surface area contributed by atoms with E-state index in [0.29, 0.717) is 16.8 Å². The van der Waals surface area contributed by atoms with Gasteiger partial charge < -0.3 is 16.0 Å². The number of hydrogen-bond donors (Lipinski definition) is 3. The van der Waals surface area contributed by atoms with Gasteiger partial charge in [0.05, 0.1) is 6.20 Å². The molecule has 0 saturated heterocycles. The van der Waals surface area contributed by atoms with Gasteiger partial charge in [-0.05, 0) is 42.3 Å². The number of nitrogens with one attached hydrogen (secondary N) is 3. The summed E-state index contributed by atoms with van der Waals surface area (Å²) in [5.41, 5.74) is 4.17. The van der Waals surface area contributed by atoms with Crippen LogP contribution in [0.1, 0.15) is 13.0 Å². The molecular formula is C19H20ClN5. The van der Waals surface area contributed by atoms with E-state index in [4.69, 9.17) is 11.6 Å². The Hall–Kier alpha value is -2.79. The van der Waals surface area contributed by atoms with Crippen LogP contribution >= 0.6 is 11.6 Å². The third-order valence-corrected chi connectivity index (χ3v) is 4.07. The zero-order chi connectivity index (χ0) is 16.4. The summed E-state index contributed by atoms with van der Waals surface area (Å²) < 4.78 is 0. The highest BCUT2D eigenvalue weighted by Crippen LogP contribution is 2.26. The lowest BCUT2D eigenvalue weighted by Crippen LogP contribution is -2.07. The van der Waals surface area contributed by atoms with E-state index in [1.807, 2.05) is 36.4 Å². The Morgan fingerprint density at radius 2 is 1.68 bits per heavy atom. The van der Waals surface area contributed by atoms with Crippen LogP contribution in [-0.2, 0) is 6.42 Å². The summed E-state index contributed by atoms with van der Waals surface area (Å²) in [6.45, 7) is 0.857. The highest BCUT2D eigenvalue weighted by Gasteiger charge is 2.08. The molecule has 0 aliphatic carbocycles. The molecule has 1 aliphatic rings. The molecule has 2 heterocycles. The van der Waals surface area contributed by atoms with Crippen LogP contribution in [0.3, 0.4) is 0 Å². The Kier molecular flexibility index (Phi) is 5.05. The summed E-state index contributed by atoms with van der Waals surface area (Å²) >= 11 is 6.23. The molecule has 3 N–H and O–H groups in total. The summed E-state index contributed by atoms with van der Waals surface area (Å²) in [4.78, 5) is 8.74. The van der Waals surface area contributed by atoms with Gasteiger partial charge in [0.2, 0.25) is 5.95 Å². The first kappa shape index (κ1) is 17.0. The second-order valence-corrected chi connectivity index (χ2v) is 6.01. The molecule has 0 spiro atoms. The molecule has 6 bridgehead atoms. The second-order valence-electron chi connectivity index (χ2n) is 5.60. The minimum Gasteiger partial charge on any atom is -0.385 e. The maximum absolute atomic E-state index is 6.23. The Morgan fingerprint density at radius 1 is 0.920 bits per heavy atom. The largest absolute Gasteiger partial charge is 0.385 e. The van der Waals surface area contributed by atoms with Crippen LogP contribution in [0.4, 0.5) is 28.8 Å². The van der Waals surface area contributed by atoms with Crippen LogP contribution in [0.15, 0.2) is 54.7 Å². The minimum atomic E-state index is 0. The maximum atomic E-state index is 6.23. The summed E-state index contributed by atoms with van der Waals surface area (Å²) in [6.07, 6.45) is 2.52. The molecule has 3 aromatic rings. The van der Waals surface area contributed by atoms with Gasteiger partial charge in [-0.1, -0.05) is 37.2 Å². The highest BCUT2D eigenvalue weighted by atomic mass is 35.5. The Balaban J connectivity index is 0.00000182. The van der Waals surface area contributed by atoms with Crippen molar-refractivity contribution in [1.82, 2.24) is 9.97 Å². The number of rotatable bonds is 0. The van der Waals surface area contributed by atoms with Gasteiger partial charge in [-0.15, -0.1) is 0 Å². The van der Waals surface area contributed by atoms with E-state index in [-0.39, 0.29) is 7.43 Å². The van der Waals surface area contributed by atoms with Crippen molar-refractivity contribution in [3.05, 3.63) is 65.3 Å². The third kappa shape index (κ3) is 4.00. The van der Waals surface area contributed by atoms with Gasteiger partial charge in [-0.25, -0.2) is 4.98 Å². The summed E-state index contributed by atoms with van der Waals surface area (Å²) in [5, 5.41) is 10.4. The summed E-state index contributed by atoms with van der Waals surface area (Å²) in [6, 6.07) is 16.3. The zero-order valence-corrected chi connectivity index (χ0v) is 13.6. The number of fused-ring (bicyclic) bond motifs is 6. The molecule has 128 valence electrons. The number of halogens is 1. The number of benzene rings is 2. The molecule has 1 aliphatic heterocycles. The highest BCUT2D eigenvalue weighted by molar-refractivity contribution is 6.32. The first-order chi connectivity index (χ1) is 11.8. The van der Waals surface area contributed by atoms with Gasteiger partial charge in [-0.3, -0.25) is 0 Å². The van der Waals surface area contributed by atoms with Crippen molar-refractivity contribution < 1.29 is 0 Å². The van der Waals surface area contributed by atoms with Crippen molar-refractivity contribution in [3.8, 4) is 0 Å². The van der Waals surface area contributed by atoms with Crippen molar-refractivity contribution in [2.24, 2.45) is 0 Å². The number of nitrogens with zero attached hydrogens (tertiary/aromatic N) is 2. The predicted octanol–water partition coefficient (Wildman–Crippen LogP) is 5.22. The number of hydrogen-bond acceptors (Lipinski definition) is 5. The van der Waals surface area contributed by atoms with Crippen LogP contribution in [0.5, 0.6) is 0 Å². The molecule has 0 radical (unpaired) electrons. The smallest absolute Gasteiger partial charge is 0.229 e. The SMILES string of the molecule is C.Clc1cnc2nc1Nc1cccc(c1)NCCc1cccc(c1)N2. The molecular weight excluding hydrogens is 334 g/mol. The first-order valence-electron chi connectivity index (χ1n) is 7.76. The molecule has 4 rings (SSSR count). The Bertz CT molecular complexity index is 881. The molecule has 0 atom stereocenters. The molecule has 6 heteroatoms. The van der Waals surface area contributed by atoms with Gasteiger partial charge in [0.1, 0.15) is 5.02 Å². The van der Waals surface area contributed by atoms with Crippen molar-refractivity contribution in [2.45, 2.75) is 13.8 Å². The van der Waals surface area contributed by atoms with Crippen LogP contribution in [0, 0.1) is 0 Å². The quantitative estimate of drug-likeness (QED) is 0.517. The monoisotopic (exact) mass is 353 g/mol. The fourth-order valence-electron chi connectivity index (χ4n) is 2.64. The molecule has 1 aromatic heterocycles. The van der Waals surface area contributed by atoms with Gasteiger partial charge in [-0.2, -0.15) is 4.98 Å². The fraction of sp³-hybridized carbons (Fsp3) is 0.158. The van der Waals surface area contributed by atoms with Crippen molar-refractivity contribution >= 4 is 40.4 Å². The van der Waals surface area contributed by atoms with E-state index in [1.165, 1.54) is 5.56 Å². The molecule has 25 heavy (non-hydrogen) atoms. The van der Waals surface area contributed by atoms with E-state index in [9.17, 15) is 0 Å². The van der Waals surface area contributed by atoms with E-state index >= 15 is 0 Å². The first-order valence-corrected chi connectivity index (χ1v) is 8.13. The second kappa shape index (κ2) is 7.40. The molecule has 0 fully saturated rings. The fourth-order valence-corrected chi connectivity index (χ4v) is 2.78. The van der Waals surface area contributed by atoms with E-state index < -0.39 is 0 Å². The van der Waals surface area contributed by atoms with E-state index in [2.05, 4.69) is 38.1 Å². The minimum absolute atomic E-state index is 0. The molecule has 0 saturated carbocycles. The number of aromatic nitrogens is 2. The molecule has 0 amide bonds. The summed E-state index contributed by atoms with van der Waals surface area (Å²) in [7, 11) is 0. The van der Waals surface area contributed by atoms with Gasteiger partial charge >= 0.3 is 0 Å². The summed E-state index contributed by atoms with van der Waals surface area (Å²) in [5.74, 6) is 1.07. The average molecular weight is 354 g/mol. The van der Waals surface area contributed by atoms with Crippen molar-refractivity contribution in [3.63, 3.8) is 0 Å². The normalized spacial score (nSPS) is 12.5. The van der Waals surface area contributed by atoms with Crippen molar-refractivity contribution in [2.75, 3.05) is 22.5 Å². The Morgan fingerprint density at radius 3 is 2.56 bits per heavy atom. The van der Waals surface area contributed by atoms with Gasteiger partial charge in [0, 0.05) is 23.6 Å². The topological polar surface area (TPSA) is 61.9 Å². The lowest BCUT2D eigenvalue weighted by Gasteiger charge is -2.14. The van der Waals surface area contributed by atoms with Crippen molar-refractivity contribution in [1.29, 1.82) is 0 Å². The zero-order valence-electron chi connectivity index (χ0n) is 12.9. The number of anilines is 5. The Labute approximate surface area is 152 Å². The maximum Gasteiger partial charge on any atom is 0.229 e. The van der Waals surface area contributed by atoms with E-state index in [0.717, 1.165) is 30.0 Å². The van der Waals surface area contributed by atoms with Crippen LogP contribution in [0.25, 0.3) is 0 Å². The van der Waals surface area contributed by atoms with Crippen LogP contribution in [-0.4, -0.2) is 16.5 Å². The lowest BCUT2D eigenvalue weighted by molar-refractivity contribution is 1.02. The molecule has 5 nitrogen and oxygen atoms in total. The average Bonchev–Trinajstić information content (AvgIpc) is 2.58. The molecule has 2 aromatic carbocycles. The van der Waals surface area contributed by atoms with Crippen LogP contribution < -0.4 is 16.0 Å². The standard InChI is InChI=1S/C18H16ClN5.CH4/c19-16-11-21-18-23-14-5-1-3-12(9-14)7-8-20-13-4-2-6-15(10-13)22-17(16)24-18;/h1-6,9-11,20H,7-8H2,(H2,21,22,23,24);1H4. The predicted molar refractivity (Wildman–Crippen MR) is 105 cm³/mol. The van der Waals surface area contributed by atoms with Gasteiger partial charge in [0.25, 0.3) is 0 Å². The molecule has 0 unspecified atom stereocenters. The van der Waals surface area contributed by atoms with E-state index in [1.54, 1.807) is 6.20 Å². The van der Waals surface area contributed by atoms with Gasteiger partial charge in [0.15, 0.2) is 5.82 Å². The lowest BCUT2D eigenvalue weighted by atomic mass is 10.1. The third-order valence-electron chi connectivity index (χ3n) is 3.80. The van der Waals surface area contributed by atoms with Crippen LogP contribution in [0.2, 0.25) is 5.02 Å².